The normalized spacial score (nSPS) is 12.3. The minimum atomic E-state index is -4.15. The zero-order chi connectivity index (χ0) is 32.6. The molecule has 45 heavy (non-hydrogen) atoms. The van der Waals surface area contributed by atoms with E-state index in [1.54, 1.807) is 36.4 Å². The van der Waals surface area contributed by atoms with Gasteiger partial charge in [-0.3, -0.25) is 13.9 Å². The van der Waals surface area contributed by atoms with Crippen LogP contribution in [0.3, 0.4) is 0 Å². The fourth-order valence-electron chi connectivity index (χ4n) is 5.19. The van der Waals surface area contributed by atoms with Gasteiger partial charge in [0, 0.05) is 18.5 Å². The minimum absolute atomic E-state index is 0.0905. The molecule has 0 bridgehead atoms. The van der Waals surface area contributed by atoms with E-state index in [4.69, 9.17) is 0 Å². The minimum Gasteiger partial charge on any atom is -0.350 e. The van der Waals surface area contributed by atoms with Gasteiger partial charge in [0.2, 0.25) is 11.8 Å². The predicted octanol–water partition coefficient (Wildman–Crippen LogP) is 6.31. The predicted molar refractivity (Wildman–Crippen MR) is 180 cm³/mol. The van der Waals surface area contributed by atoms with Crippen LogP contribution in [-0.4, -0.2) is 43.3 Å². The van der Waals surface area contributed by atoms with Gasteiger partial charge in [-0.15, -0.1) is 0 Å². The van der Waals surface area contributed by atoms with Gasteiger partial charge in [-0.1, -0.05) is 103 Å². The van der Waals surface area contributed by atoms with E-state index in [1.165, 1.54) is 9.21 Å². The van der Waals surface area contributed by atoms with Gasteiger partial charge in [0.15, 0.2) is 0 Å². The number of rotatable bonds is 12. The standard InChI is InChI=1S/C37H43N3O4S/c1-6-31-19-13-14-20-33(31)40(45(43,44)32-23-21-28(2)22-24-32)27-35(41)39(26-30-17-11-8-12-18-30)34(36(42)38-37(3,4)5)25-29-15-9-7-10-16-29/h7-24,34H,6,25-27H2,1-5H3,(H,38,42). The summed E-state index contributed by atoms with van der Waals surface area (Å²) >= 11 is 0. The molecule has 0 radical (unpaired) electrons. The average Bonchev–Trinajstić information content (AvgIpc) is 3.01. The number of hydrogen-bond acceptors (Lipinski definition) is 4. The lowest BCUT2D eigenvalue weighted by Crippen LogP contribution is -2.56. The summed E-state index contributed by atoms with van der Waals surface area (Å²) in [6.45, 7) is 9.17. The van der Waals surface area contributed by atoms with Crippen LogP contribution in [0, 0.1) is 6.92 Å². The second-order valence-corrected chi connectivity index (χ2v) is 14.1. The van der Waals surface area contributed by atoms with Crippen LogP contribution in [0.15, 0.2) is 114 Å². The molecule has 1 unspecified atom stereocenters. The van der Waals surface area contributed by atoms with E-state index >= 15 is 0 Å². The van der Waals surface area contributed by atoms with Crippen LogP contribution in [0.2, 0.25) is 0 Å². The molecule has 4 aromatic rings. The maximum Gasteiger partial charge on any atom is 0.264 e. The van der Waals surface area contributed by atoms with E-state index in [2.05, 4.69) is 5.32 Å². The molecule has 0 aliphatic rings. The molecule has 0 saturated carbocycles. The first kappa shape index (κ1) is 33.5. The van der Waals surface area contributed by atoms with Crippen LogP contribution >= 0.6 is 0 Å². The van der Waals surface area contributed by atoms with Gasteiger partial charge in [-0.25, -0.2) is 8.42 Å². The molecule has 7 nitrogen and oxygen atoms in total. The van der Waals surface area contributed by atoms with Gasteiger partial charge in [0.05, 0.1) is 10.6 Å². The summed E-state index contributed by atoms with van der Waals surface area (Å²) in [5.41, 5.74) is 3.32. The first-order valence-electron chi connectivity index (χ1n) is 15.3. The molecule has 8 heteroatoms. The van der Waals surface area contributed by atoms with Crippen LogP contribution in [0.25, 0.3) is 0 Å². The van der Waals surface area contributed by atoms with Crippen molar-refractivity contribution in [3.05, 3.63) is 131 Å². The maximum atomic E-state index is 14.6. The molecular weight excluding hydrogens is 582 g/mol. The lowest BCUT2D eigenvalue weighted by atomic mass is 10.0. The Balaban J connectivity index is 1.83. The van der Waals surface area contributed by atoms with Crippen molar-refractivity contribution in [2.75, 3.05) is 10.8 Å². The summed E-state index contributed by atoms with van der Waals surface area (Å²) < 4.78 is 29.8. The van der Waals surface area contributed by atoms with Gasteiger partial charge in [0.25, 0.3) is 10.0 Å². The number of benzene rings is 4. The third kappa shape index (κ3) is 8.82. The highest BCUT2D eigenvalue weighted by Gasteiger charge is 2.36. The van der Waals surface area contributed by atoms with Crippen LogP contribution in [0.5, 0.6) is 0 Å². The Morgan fingerprint density at radius 1 is 0.778 bits per heavy atom. The summed E-state index contributed by atoms with van der Waals surface area (Å²) in [4.78, 5) is 30.2. The zero-order valence-electron chi connectivity index (χ0n) is 26.7. The smallest absolute Gasteiger partial charge is 0.264 e. The highest BCUT2D eigenvalue weighted by atomic mass is 32.2. The first-order chi connectivity index (χ1) is 21.4. The van der Waals surface area contributed by atoms with Crippen molar-refractivity contribution < 1.29 is 18.0 Å². The number of aryl methyl sites for hydroxylation is 2. The Morgan fingerprint density at radius 2 is 1.33 bits per heavy atom. The number of carbonyl (C=O) groups is 2. The van der Waals surface area contributed by atoms with E-state index in [-0.39, 0.29) is 23.8 Å². The van der Waals surface area contributed by atoms with Crippen molar-refractivity contribution in [1.29, 1.82) is 0 Å². The molecule has 2 amide bonds. The second-order valence-electron chi connectivity index (χ2n) is 12.3. The van der Waals surface area contributed by atoms with Crippen molar-refractivity contribution >= 4 is 27.5 Å². The van der Waals surface area contributed by atoms with Crippen LogP contribution in [0.1, 0.15) is 49.9 Å². The summed E-state index contributed by atoms with van der Waals surface area (Å²) in [5, 5.41) is 3.06. The van der Waals surface area contributed by atoms with E-state index < -0.39 is 34.1 Å². The maximum absolute atomic E-state index is 14.6. The summed E-state index contributed by atoms with van der Waals surface area (Å²) in [5.74, 6) is -0.789. The summed E-state index contributed by atoms with van der Waals surface area (Å²) in [6.07, 6.45) is 0.834. The largest absolute Gasteiger partial charge is 0.350 e. The fraction of sp³-hybridized carbons (Fsp3) is 0.297. The molecule has 0 spiro atoms. The molecule has 0 heterocycles. The number of hydrogen-bond donors (Lipinski definition) is 1. The second kappa shape index (κ2) is 14.6. The third-order valence-corrected chi connectivity index (χ3v) is 9.27. The van der Waals surface area contributed by atoms with Gasteiger partial charge >= 0.3 is 0 Å². The topological polar surface area (TPSA) is 86.8 Å². The number of anilines is 1. The van der Waals surface area contributed by atoms with Crippen molar-refractivity contribution in [1.82, 2.24) is 10.2 Å². The van der Waals surface area contributed by atoms with Gasteiger partial charge in [-0.2, -0.15) is 0 Å². The Kier molecular flexibility index (Phi) is 10.8. The van der Waals surface area contributed by atoms with E-state index in [0.717, 1.165) is 22.3 Å². The Labute approximate surface area is 268 Å². The molecule has 0 aliphatic heterocycles. The number of amides is 2. The number of nitrogens with one attached hydrogen (secondary N) is 1. The van der Waals surface area contributed by atoms with Crippen molar-refractivity contribution in [2.45, 2.75) is 70.5 Å². The quantitative estimate of drug-likeness (QED) is 0.200. The molecule has 0 saturated heterocycles. The summed E-state index contributed by atoms with van der Waals surface area (Å²) in [7, 11) is -4.15. The average molecular weight is 626 g/mol. The third-order valence-electron chi connectivity index (χ3n) is 7.49. The molecule has 1 atom stereocenters. The van der Waals surface area contributed by atoms with Gasteiger partial charge < -0.3 is 10.2 Å². The molecule has 1 N–H and O–H groups in total. The SMILES string of the molecule is CCc1ccccc1N(CC(=O)N(Cc1ccccc1)C(Cc1ccccc1)C(=O)NC(C)(C)C)S(=O)(=O)c1ccc(C)cc1. The van der Waals surface area contributed by atoms with Crippen LogP contribution in [-0.2, 0) is 39.0 Å². The Hall–Kier alpha value is -4.43. The van der Waals surface area contributed by atoms with Crippen molar-refractivity contribution in [3.63, 3.8) is 0 Å². The highest BCUT2D eigenvalue weighted by Crippen LogP contribution is 2.29. The van der Waals surface area contributed by atoms with Crippen molar-refractivity contribution in [3.8, 4) is 0 Å². The van der Waals surface area contributed by atoms with E-state index in [9.17, 15) is 18.0 Å². The Bertz CT molecular complexity index is 1680. The molecule has 0 aliphatic carbocycles. The Morgan fingerprint density at radius 3 is 1.91 bits per heavy atom. The van der Waals surface area contributed by atoms with Crippen LogP contribution in [0.4, 0.5) is 5.69 Å². The van der Waals surface area contributed by atoms with Gasteiger partial charge in [0.1, 0.15) is 12.6 Å². The number of sulfonamides is 1. The number of carbonyl (C=O) groups excluding carboxylic acids is 2. The monoisotopic (exact) mass is 625 g/mol. The molecule has 236 valence electrons. The van der Waals surface area contributed by atoms with E-state index in [1.807, 2.05) is 107 Å². The lowest BCUT2D eigenvalue weighted by molar-refractivity contribution is -0.140. The molecular formula is C37H43N3O4S. The van der Waals surface area contributed by atoms with Gasteiger partial charge in [-0.05, 0) is 69.0 Å². The van der Waals surface area contributed by atoms with E-state index in [0.29, 0.717) is 12.1 Å². The highest BCUT2D eigenvalue weighted by molar-refractivity contribution is 7.92. The van der Waals surface area contributed by atoms with Crippen molar-refractivity contribution in [2.24, 2.45) is 0 Å². The molecule has 0 fully saturated rings. The van der Waals surface area contributed by atoms with Crippen LogP contribution < -0.4 is 9.62 Å². The first-order valence-corrected chi connectivity index (χ1v) is 16.7. The molecule has 4 aromatic carbocycles. The fourth-order valence-corrected chi connectivity index (χ4v) is 6.64. The molecule has 0 aromatic heterocycles. The number of nitrogens with zero attached hydrogens (tertiary/aromatic N) is 2. The lowest BCUT2D eigenvalue weighted by Gasteiger charge is -2.35. The zero-order valence-corrected chi connectivity index (χ0v) is 27.6. The molecule has 4 rings (SSSR count). The summed E-state index contributed by atoms with van der Waals surface area (Å²) in [6, 6.07) is 31.9. The number of para-hydroxylation sites is 1.